The number of benzene rings is 1. The number of rotatable bonds is 5. The van der Waals surface area contributed by atoms with Crippen LogP contribution in [0.3, 0.4) is 0 Å². The number of aliphatic hydroxyl groups is 1. The standard InChI is InChI=1S/C34H38F2N2O2/c1-3-34(35,36)33(40)17-16-29-27-14-12-24-18-25(37-38-31(39)23-10-11-23)13-15-26(24)30(27)28(19-32(29,33)2)22-8-6-21(7-9-22)20-4-5-20/h1,6-9,18,20,23,27-29,40H,4-5,10-17,19H2,2H3,(H,38,39)/b37-25+/t27-,28-,29-,32-,33-/m0/s1. The van der Waals surface area contributed by atoms with Gasteiger partial charge in [-0.2, -0.15) is 13.9 Å². The molecule has 0 aromatic heterocycles. The Morgan fingerprint density at radius 2 is 1.80 bits per heavy atom. The minimum Gasteiger partial charge on any atom is -0.382 e. The second-order valence-corrected chi connectivity index (χ2v) is 13.4. The topological polar surface area (TPSA) is 61.7 Å². The number of terminal acetylenes is 1. The minimum atomic E-state index is -3.58. The number of hydrazone groups is 1. The van der Waals surface area contributed by atoms with E-state index in [9.17, 15) is 9.90 Å². The summed E-state index contributed by atoms with van der Waals surface area (Å²) in [6.45, 7) is 1.88. The fourth-order valence-corrected chi connectivity index (χ4v) is 8.68. The molecule has 40 heavy (non-hydrogen) atoms. The molecule has 4 fully saturated rings. The van der Waals surface area contributed by atoms with Crippen LogP contribution in [0.1, 0.15) is 101 Å². The van der Waals surface area contributed by atoms with Crippen LogP contribution in [-0.2, 0) is 4.79 Å². The average Bonchev–Trinajstić information content (AvgIpc) is 3.88. The van der Waals surface area contributed by atoms with Crippen LogP contribution in [0.15, 0.2) is 52.2 Å². The van der Waals surface area contributed by atoms with Crippen LogP contribution in [0.2, 0.25) is 0 Å². The average molecular weight is 545 g/mol. The fraction of sp³-hybridized carbons (Fsp3) is 0.588. The van der Waals surface area contributed by atoms with Crippen molar-refractivity contribution >= 4 is 11.6 Å². The third-order valence-corrected chi connectivity index (χ3v) is 11.2. The lowest BCUT2D eigenvalue weighted by Gasteiger charge is -2.55. The number of allylic oxidation sites excluding steroid dienone is 4. The van der Waals surface area contributed by atoms with Gasteiger partial charge in [0, 0.05) is 17.3 Å². The van der Waals surface area contributed by atoms with Gasteiger partial charge in [-0.25, -0.2) is 5.43 Å². The van der Waals surface area contributed by atoms with Gasteiger partial charge < -0.3 is 5.11 Å². The summed E-state index contributed by atoms with van der Waals surface area (Å²) in [4.78, 5) is 12.1. The van der Waals surface area contributed by atoms with Gasteiger partial charge in [-0.05, 0) is 123 Å². The van der Waals surface area contributed by atoms with Gasteiger partial charge in [0.15, 0.2) is 0 Å². The van der Waals surface area contributed by atoms with E-state index in [-0.39, 0.29) is 36.0 Å². The number of carbonyl (C=O) groups excluding carboxylic acids is 1. The predicted molar refractivity (Wildman–Crippen MR) is 151 cm³/mol. The maximum Gasteiger partial charge on any atom is 0.336 e. The summed E-state index contributed by atoms with van der Waals surface area (Å²) in [5.41, 5.74) is 6.95. The van der Waals surface area contributed by atoms with Gasteiger partial charge in [-0.1, -0.05) is 36.8 Å². The summed E-state index contributed by atoms with van der Waals surface area (Å²) in [6, 6.07) is 8.82. The summed E-state index contributed by atoms with van der Waals surface area (Å²) in [6.07, 6.45) is 16.1. The first-order valence-electron chi connectivity index (χ1n) is 15.1. The van der Waals surface area contributed by atoms with Gasteiger partial charge in [-0.3, -0.25) is 4.79 Å². The van der Waals surface area contributed by atoms with Crippen molar-refractivity contribution in [3.8, 4) is 12.3 Å². The van der Waals surface area contributed by atoms with E-state index >= 15 is 8.78 Å². The number of carbonyl (C=O) groups is 1. The quantitative estimate of drug-likeness (QED) is 0.317. The third kappa shape index (κ3) is 3.95. The van der Waals surface area contributed by atoms with E-state index in [1.807, 2.05) is 6.92 Å². The normalized spacial score (nSPS) is 36.3. The summed E-state index contributed by atoms with van der Waals surface area (Å²) >= 11 is 0. The maximum atomic E-state index is 15.3. The van der Waals surface area contributed by atoms with Crippen LogP contribution in [-0.4, -0.2) is 28.2 Å². The lowest BCUT2D eigenvalue weighted by molar-refractivity contribution is -0.209. The molecule has 0 aliphatic heterocycles. The number of hydrogen-bond donors (Lipinski definition) is 2. The smallest absolute Gasteiger partial charge is 0.336 e. The molecule has 6 aliphatic rings. The van der Waals surface area contributed by atoms with Crippen molar-refractivity contribution in [1.29, 1.82) is 0 Å². The Balaban J connectivity index is 1.30. The van der Waals surface area contributed by atoms with E-state index in [0.717, 1.165) is 49.8 Å². The van der Waals surface area contributed by atoms with E-state index < -0.39 is 16.9 Å². The SMILES string of the molecule is C#CC(F)(F)[C@]1(O)CC[C@H]2[C@@H]3CCC4=C/C(=N/NC(=O)C5CC5)CCC4=C3[C@H](c3ccc(C4CC4)cc3)C[C@@]21C. The summed E-state index contributed by atoms with van der Waals surface area (Å²) in [5, 5.41) is 16.1. The Kier molecular flexibility index (Phi) is 5.95. The van der Waals surface area contributed by atoms with Crippen LogP contribution in [0.25, 0.3) is 0 Å². The first-order chi connectivity index (χ1) is 19.1. The van der Waals surface area contributed by atoms with Crippen molar-refractivity contribution in [3.63, 3.8) is 0 Å². The Labute approximate surface area is 235 Å². The molecule has 210 valence electrons. The number of hydrogen-bond acceptors (Lipinski definition) is 3. The molecule has 6 aliphatic carbocycles. The number of alkyl halides is 2. The molecule has 0 radical (unpaired) electrons. The second-order valence-electron chi connectivity index (χ2n) is 13.4. The Hall–Kier alpha value is -2.78. The zero-order chi connectivity index (χ0) is 27.9. The predicted octanol–water partition coefficient (Wildman–Crippen LogP) is 6.78. The molecular formula is C34H38F2N2O2. The van der Waals surface area contributed by atoms with Gasteiger partial charge >= 0.3 is 5.92 Å². The highest BCUT2D eigenvalue weighted by Gasteiger charge is 2.71. The highest BCUT2D eigenvalue weighted by atomic mass is 19.3. The molecule has 5 atom stereocenters. The van der Waals surface area contributed by atoms with Crippen LogP contribution >= 0.6 is 0 Å². The van der Waals surface area contributed by atoms with E-state index in [1.165, 1.54) is 35.1 Å². The van der Waals surface area contributed by atoms with Gasteiger partial charge in [0.05, 0.1) is 5.71 Å². The molecule has 4 saturated carbocycles. The first kappa shape index (κ1) is 26.1. The molecule has 0 spiro atoms. The lowest BCUT2D eigenvalue weighted by atomic mass is 9.50. The molecule has 6 heteroatoms. The Morgan fingerprint density at radius 1 is 1.07 bits per heavy atom. The van der Waals surface area contributed by atoms with Gasteiger partial charge in [0.1, 0.15) is 5.60 Å². The molecular weight excluding hydrogens is 506 g/mol. The van der Waals surface area contributed by atoms with Crippen LogP contribution in [0.4, 0.5) is 8.78 Å². The van der Waals surface area contributed by atoms with E-state index in [2.05, 4.69) is 40.9 Å². The summed E-state index contributed by atoms with van der Waals surface area (Å²) in [7, 11) is 0. The zero-order valence-electron chi connectivity index (χ0n) is 23.2. The van der Waals surface area contributed by atoms with Crippen LogP contribution in [0, 0.1) is 35.5 Å². The van der Waals surface area contributed by atoms with Crippen molar-refractivity contribution in [2.75, 3.05) is 0 Å². The molecule has 7 rings (SSSR count). The molecule has 0 bridgehead atoms. The Bertz CT molecular complexity index is 1380. The number of nitrogens with zero attached hydrogens (tertiary/aromatic N) is 1. The number of amides is 1. The molecule has 1 amide bonds. The van der Waals surface area contributed by atoms with Crippen molar-refractivity contribution < 1.29 is 18.7 Å². The van der Waals surface area contributed by atoms with Crippen molar-refractivity contribution in [3.05, 3.63) is 58.2 Å². The van der Waals surface area contributed by atoms with E-state index in [4.69, 9.17) is 6.42 Å². The number of nitrogens with one attached hydrogen (secondary N) is 1. The molecule has 0 saturated heterocycles. The van der Waals surface area contributed by atoms with Gasteiger partial charge in [0.2, 0.25) is 5.91 Å². The third-order valence-electron chi connectivity index (χ3n) is 11.2. The van der Waals surface area contributed by atoms with Crippen molar-refractivity contribution in [2.24, 2.45) is 28.3 Å². The van der Waals surface area contributed by atoms with Crippen LogP contribution < -0.4 is 5.43 Å². The van der Waals surface area contributed by atoms with Crippen molar-refractivity contribution in [2.45, 2.75) is 101 Å². The number of halogens is 2. The lowest BCUT2D eigenvalue weighted by Crippen LogP contribution is -2.60. The van der Waals surface area contributed by atoms with E-state index in [1.54, 1.807) is 5.92 Å². The van der Waals surface area contributed by atoms with Crippen molar-refractivity contribution in [1.82, 2.24) is 5.43 Å². The maximum absolute atomic E-state index is 15.3. The molecule has 4 nitrogen and oxygen atoms in total. The number of fused-ring (bicyclic) bond motifs is 4. The molecule has 1 aromatic rings. The molecule has 0 heterocycles. The molecule has 2 N–H and O–H groups in total. The fourth-order valence-electron chi connectivity index (χ4n) is 8.68. The first-order valence-corrected chi connectivity index (χ1v) is 15.1. The van der Waals surface area contributed by atoms with Crippen LogP contribution in [0.5, 0.6) is 0 Å². The highest BCUT2D eigenvalue weighted by molar-refractivity contribution is 5.98. The minimum absolute atomic E-state index is 0.0116. The monoisotopic (exact) mass is 544 g/mol. The Morgan fingerprint density at radius 3 is 2.48 bits per heavy atom. The van der Waals surface area contributed by atoms with E-state index in [0.29, 0.717) is 18.8 Å². The zero-order valence-corrected chi connectivity index (χ0v) is 23.2. The van der Waals surface area contributed by atoms with Gasteiger partial charge in [-0.15, -0.1) is 6.42 Å². The van der Waals surface area contributed by atoms with Gasteiger partial charge in [0.25, 0.3) is 0 Å². The molecule has 0 unspecified atom stereocenters. The largest absolute Gasteiger partial charge is 0.382 e. The second kappa shape index (κ2) is 9.11. The molecule has 1 aromatic carbocycles. The highest BCUT2D eigenvalue weighted by Crippen LogP contribution is 2.69. The summed E-state index contributed by atoms with van der Waals surface area (Å²) < 4.78 is 30.6. The summed E-state index contributed by atoms with van der Waals surface area (Å²) in [5.74, 6) is -1.10.